The normalized spacial score (nSPS) is 11.9. The maximum atomic E-state index is 13.3. The number of nitrogens with zero attached hydrogens (tertiary/aromatic N) is 2. The summed E-state index contributed by atoms with van der Waals surface area (Å²) in [5, 5.41) is 6.57. The molecule has 114 valence electrons. The van der Waals surface area contributed by atoms with Crippen molar-refractivity contribution < 1.29 is 13.2 Å². The average molecular weight is 363 g/mol. The molecule has 3 aromatic rings. The number of thiophene rings is 1. The van der Waals surface area contributed by atoms with Gasteiger partial charge < -0.3 is 0 Å². The SMILES string of the molecule is FC(F)(F)c1cc(-c2sccc2Cl)nn1-c1ccc(Cl)cc1. The minimum atomic E-state index is -4.53. The van der Waals surface area contributed by atoms with E-state index in [0.29, 0.717) is 14.9 Å². The number of benzene rings is 1. The lowest BCUT2D eigenvalue weighted by molar-refractivity contribution is -0.142. The summed E-state index contributed by atoms with van der Waals surface area (Å²) in [5.41, 5.74) is -0.410. The average Bonchev–Trinajstić information content (AvgIpc) is 3.05. The van der Waals surface area contributed by atoms with E-state index in [1.165, 1.54) is 35.6 Å². The molecule has 3 rings (SSSR count). The second-order valence-electron chi connectivity index (χ2n) is 4.40. The van der Waals surface area contributed by atoms with E-state index in [4.69, 9.17) is 23.2 Å². The van der Waals surface area contributed by atoms with E-state index in [2.05, 4.69) is 5.10 Å². The predicted molar refractivity (Wildman–Crippen MR) is 81.9 cm³/mol. The quantitative estimate of drug-likeness (QED) is 0.552. The Morgan fingerprint density at radius 1 is 1.05 bits per heavy atom. The first-order valence-corrected chi connectivity index (χ1v) is 7.66. The van der Waals surface area contributed by atoms with Crippen molar-refractivity contribution in [1.29, 1.82) is 0 Å². The third-order valence-electron chi connectivity index (χ3n) is 2.92. The third kappa shape index (κ3) is 2.86. The second kappa shape index (κ2) is 5.61. The molecule has 0 radical (unpaired) electrons. The van der Waals surface area contributed by atoms with Gasteiger partial charge in [0.2, 0.25) is 0 Å². The smallest absolute Gasteiger partial charge is 0.228 e. The number of aromatic nitrogens is 2. The zero-order chi connectivity index (χ0) is 15.9. The fraction of sp³-hybridized carbons (Fsp3) is 0.0714. The highest BCUT2D eigenvalue weighted by atomic mass is 35.5. The van der Waals surface area contributed by atoms with Crippen molar-refractivity contribution in [3.8, 4) is 16.3 Å². The summed E-state index contributed by atoms with van der Waals surface area (Å²) in [5.74, 6) is 0. The summed E-state index contributed by atoms with van der Waals surface area (Å²) in [6, 6.07) is 8.59. The Morgan fingerprint density at radius 2 is 1.73 bits per heavy atom. The Bertz CT molecular complexity index is 806. The Hall–Kier alpha value is -1.50. The maximum Gasteiger partial charge on any atom is 0.433 e. The van der Waals surface area contributed by atoms with Crippen LogP contribution in [0.2, 0.25) is 10.0 Å². The van der Waals surface area contributed by atoms with Crippen molar-refractivity contribution >= 4 is 34.5 Å². The first-order chi connectivity index (χ1) is 10.4. The van der Waals surface area contributed by atoms with Gasteiger partial charge in [-0.15, -0.1) is 11.3 Å². The van der Waals surface area contributed by atoms with Crippen molar-refractivity contribution in [2.75, 3.05) is 0 Å². The molecule has 0 aliphatic heterocycles. The standard InChI is InChI=1S/C14H7Cl2F3N2S/c15-8-1-3-9(4-2-8)21-12(14(17,18)19)7-11(20-21)13-10(16)5-6-22-13/h1-7H. The number of rotatable bonds is 2. The van der Waals surface area contributed by atoms with E-state index in [0.717, 1.165) is 10.7 Å². The highest BCUT2D eigenvalue weighted by Crippen LogP contribution is 2.38. The second-order valence-corrected chi connectivity index (χ2v) is 6.16. The summed E-state index contributed by atoms with van der Waals surface area (Å²) in [7, 11) is 0. The molecule has 22 heavy (non-hydrogen) atoms. The molecular formula is C14H7Cl2F3N2S. The molecule has 0 aliphatic carbocycles. The van der Waals surface area contributed by atoms with Crippen molar-refractivity contribution in [2.24, 2.45) is 0 Å². The zero-order valence-electron chi connectivity index (χ0n) is 10.7. The first-order valence-electron chi connectivity index (χ1n) is 6.03. The number of alkyl halides is 3. The molecule has 0 unspecified atom stereocenters. The van der Waals surface area contributed by atoms with Gasteiger partial charge in [0.05, 0.1) is 15.6 Å². The van der Waals surface area contributed by atoms with E-state index >= 15 is 0 Å². The molecule has 2 aromatic heterocycles. The van der Waals surface area contributed by atoms with Crippen LogP contribution in [0.3, 0.4) is 0 Å². The van der Waals surface area contributed by atoms with Crippen LogP contribution in [0, 0.1) is 0 Å². The van der Waals surface area contributed by atoms with Gasteiger partial charge >= 0.3 is 6.18 Å². The molecule has 0 saturated heterocycles. The zero-order valence-corrected chi connectivity index (χ0v) is 13.1. The minimum absolute atomic E-state index is 0.183. The molecule has 1 aromatic carbocycles. The number of halogens is 5. The van der Waals surface area contributed by atoms with Crippen LogP contribution in [0.15, 0.2) is 41.8 Å². The van der Waals surface area contributed by atoms with Gasteiger partial charge in [0.25, 0.3) is 0 Å². The van der Waals surface area contributed by atoms with Crippen LogP contribution in [0.4, 0.5) is 13.2 Å². The van der Waals surface area contributed by atoms with Gasteiger partial charge in [-0.05, 0) is 41.8 Å². The monoisotopic (exact) mass is 362 g/mol. The van der Waals surface area contributed by atoms with Gasteiger partial charge in [-0.25, -0.2) is 4.68 Å². The van der Waals surface area contributed by atoms with Crippen LogP contribution in [0.1, 0.15) is 5.69 Å². The molecule has 0 amide bonds. The van der Waals surface area contributed by atoms with Crippen molar-refractivity contribution in [1.82, 2.24) is 9.78 Å². The molecule has 0 atom stereocenters. The van der Waals surface area contributed by atoms with Crippen LogP contribution in [0.25, 0.3) is 16.3 Å². The fourth-order valence-electron chi connectivity index (χ4n) is 1.95. The highest BCUT2D eigenvalue weighted by molar-refractivity contribution is 7.14. The van der Waals surface area contributed by atoms with Gasteiger partial charge in [0.1, 0.15) is 11.4 Å². The van der Waals surface area contributed by atoms with E-state index < -0.39 is 11.9 Å². The summed E-state index contributed by atoms with van der Waals surface area (Å²) in [6.45, 7) is 0. The third-order valence-corrected chi connectivity index (χ3v) is 4.54. The first kappa shape index (κ1) is 15.4. The lowest BCUT2D eigenvalue weighted by Crippen LogP contribution is -2.13. The Kier molecular flexibility index (Phi) is 3.92. The minimum Gasteiger partial charge on any atom is -0.228 e. The Balaban J connectivity index is 2.18. The Morgan fingerprint density at radius 3 is 2.27 bits per heavy atom. The summed E-state index contributed by atoms with van der Waals surface area (Å²) < 4.78 is 40.6. The molecule has 0 spiro atoms. The topological polar surface area (TPSA) is 17.8 Å². The van der Waals surface area contributed by atoms with E-state index in [1.807, 2.05) is 0 Å². The summed E-state index contributed by atoms with van der Waals surface area (Å²) in [6.07, 6.45) is -4.53. The van der Waals surface area contributed by atoms with E-state index in [-0.39, 0.29) is 11.4 Å². The molecular weight excluding hydrogens is 356 g/mol. The van der Waals surface area contributed by atoms with Crippen molar-refractivity contribution in [3.63, 3.8) is 0 Å². The van der Waals surface area contributed by atoms with Gasteiger partial charge in [-0.1, -0.05) is 23.2 Å². The molecule has 0 aliphatic rings. The molecule has 0 saturated carbocycles. The van der Waals surface area contributed by atoms with E-state index in [1.54, 1.807) is 11.4 Å². The van der Waals surface area contributed by atoms with Crippen LogP contribution in [-0.2, 0) is 6.18 Å². The van der Waals surface area contributed by atoms with Gasteiger partial charge in [0, 0.05) is 5.02 Å². The van der Waals surface area contributed by atoms with Crippen LogP contribution in [0.5, 0.6) is 0 Å². The maximum absolute atomic E-state index is 13.3. The molecule has 8 heteroatoms. The number of hydrogen-bond acceptors (Lipinski definition) is 2. The summed E-state index contributed by atoms with van der Waals surface area (Å²) in [4.78, 5) is 0.500. The lowest BCUT2D eigenvalue weighted by atomic mass is 10.3. The molecule has 2 nitrogen and oxygen atoms in total. The van der Waals surface area contributed by atoms with Crippen molar-refractivity contribution in [2.45, 2.75) is 6.18 Å². The molecule has 0 fully saturated rings. The summed E-state index contributed by atoms with van der Waals surface area (Å²) >= 11 is 13.0. The van der Waals surface area contributed by atoms with Gasteiger partial charge in [0.15, 0.2) is 0 Å². The van der Waals surface area contributed by atoms with Crippen LogP contribution < -0.4 is 0 Å². The highest BCUT2D eigenvalue weighted by Gasteiger charge is 2.36. The van der Waals surface area contributed by atoms with Gasteiger partial charge in [-0.3, -0.25) is 0 Å². The Labute approximate surface area is 137 Å². The fourth-order valence-corrected chi connectivity index (χ4v) is 3.19. The van der Waals surface area contributed by atoms with Crippen LogP contribution in [-0.4, -0.2) is 9.78 Å². The molecule has 2 heterocycles. The van der Waals surface area contributed by atoms with Gasteiger partial charge in [-0.2, -0.15) is 18.3 Å². The molecule has 0 bridgehead atoms. The molecule has 0 N–H and O–H groups in total. The largest absolute Gasteiger partial charge is 0.433 e. The predicted octanol–water partition coefficient (Wildman–Crippen LogP) is 5.93. The van der Waals surface area contributed by atoms with Crippen LogP contribution >= 0.6 is 34.5 Å². The lowest BCUT2D eigenvalue weighted by Gasteiger charge is -2.09. The number of hydrogen-bond donors (Lipinski definition) is 0. The van der Waals surface area contributed by atoms with Crippen molar-refractivity contribution in [3.05, 3.63) is 57.5 Å². The van der Waals surface area contributed by atoms with E-state index in [9.17, 15) is 13.2 Å².